The minimum Gasteiger partial charge on any atom is -0.346 e. The summed E-state index contributed by atoms with van der Waals surface area (Å²) in [4.78, 5) is 23.8. The lowest BCUT2D eigenvalue weighted by Gasteiger charge is -2.10. The molecule has 28 heavy (non-hydrogen) atoms. The summed E-state index contributed by atoms with van der Waals surface area (Å²) in [6.45, 7) is -0.0719. The molecule has 0 atom stereocenters. The molecule has 0 bridgehead atoms. The largest absolute Gasteiger partial charge is 0.346 e. The van der Waals surface area contributed by atoms with Crippen LogP contribution in [0.4, 0.5) is 13.2 Å². The average Bonchev–Trinajstić information content (AvgIpc) is 3.20. The number of H-pyrrole nitrogens is 1. The summed E-state index contributed by atoms with van der Waals surface area (Å²) in [5, 5.41) is 7.22. The molecule has 1 amide bonds. The van der Waals surface area contributed by atoms with Gasteiger partial charge in [-0.1, -0.05) is 0 Å². The van der Waals surface area contributed by atoms with E-state index in [0.717, 1.165) is 6.92 Å². The van der Waals surface area contributed by atoms with E-state index >= 15 is 0 Å². The molecule has 0 radical (unpaired) electrons. The Hall–Kier alpha value is -3.43. The Kier molecular flexibility index (Phi) is 4.06. The number of hydrogen-bond acceptors (Lipinski definition) is 4. The van der Waals surface area contributed by atoms with Crippen molar-refractivity contribution in [3.8, 4) is 11.4 Å². The first-order chi connectivity index (χ1) is 13.2. The number of fused-ring (bicyclic) bond motifs is 2. The molecule has 3 heterocycles. The maximum Gasteiger partial charge on any atom is 0.262 e. The third kappa shape index (κ3) is 3.17. The number of halogens is 3. The maximum atomic E-state index is 13.5. The van der Waals surface area contributed by atoms with Crippen molar-refractivity contribution >= 4 is 28.0 Å². The van der Waals surface area contributed by atoms with Crippen LogP contribution in [-0.4, -0.2) is 43.1 Å². The summed E-state index contributed by atoms with van der Waals surface area (Å²) in [5.74, 6) is -4.10. The molecule has 10 heteroatoms. The van der Waals surface area contributed by atoms with Gasteiger partial charge in [0.2, 0.25) is 0 Å². The fourth-order valence-electron chi connectivity index (χ4n) is 2.93. The number of rotatable bonds is 4. The Bertz CT molecular complexity index is 1210. The van der Waals surface area contributed by atoms with Crippen LogP contribution in [0, 0.1) is 5.82 Å². The number of benzene rings is 1. The molecule has 0 aliphatic carbocycles. The average molecular weight is 388 g/mol. The molecule has 0 saturated carbocycles. The van der Waals surface area contributed by atoms with Gasteiger partial charge in [0.25, 0.3) is 11.8 Å². The third-order valence-electron chi connectivity index (χ3n) is 4.24. The third-order valence-corrected chi connectivity index (χ3v) is 4.24. The van der Waals surface area contributed by atoms with Crippen LogP contribution in [0.2, 0.25) is 0 Å². The van der Waals surface area contributed by atoms with Gasteiger partial charge in [0, 0.05) is 25.6 Å². The number of alkyl halides is 2. The fourth-order valence-corrected chi connectivity index (χ4v) is 2.93. The lowest BCUT2D eigenvalue weighted by Crippen LogP contribution is -2.34. The minimum atomic E-state index is -3.03. The molecule has 0 saturated heterocycles. The summed E-state index contributed by atoms with van der Waals surface area (Å²) < 4.78 is 41.1. The van der Waals surface area contributed by atoms with Crippen molar-refractivity contribution in [3.63, 3.8) is 0 Å². The SMILES string of the molecule is Cn1nc(-c2cnc3[nH]cc(C(=O)NCC(C)(F)F)c3n2)c2ccc(F)cc21. The standard InChI is InChI=1S/C18H15F3N6O/c1-18(20,21)8-24-17(28)11-6-22-16-15(11)25-12(7-23-16)14-10-4-3-9(19)5-13(10)27(2)26-14/h3-7H,8H2,1-2H3,(H,22,23)(H,24,28). The monoisotopic (exact) mass is 388 g/mol. The van der Waals surface area contributed by atoms with Crippen molar-refractivity contribution in [1.82, 2.24) is 30.0 Å². The number of aromatic amines is 1. The van der Waals surface area contributed by atoms with E-state index in [1.165, 1.54) is 29.2 Å². The molecule has 1 aromatic carbocycles. The second kappa shape index (κ2) is 6.32. The summed E-state index contributed by atoms with van der Waals surface area (Å²) >= 11 is 0. The molecular weight excluding hydrogens is 373 g/mol. The van der Waals surface area contributed by atoms with Gasteiger partial charge in [-0.25, -0.2) is 23.1 Å². The van der Waals surface area contributed by atoms with Crippen molar-refractivity contribution < 1.29 is 18.0 Å². The van der Waals surface area contributed by atoms with Crippen LogP contribution in [0.3, 0.4) is 0 Å². The van der Waals surface area contributed by atoms with Crippen LogP contribution in [0.15, 0.2) is 30.6 Å². The summed E-state index contributed by atoms with van der Waals surface area (Å²) in [5.41, 5.74) is 2.09. The zero-order valence-corrected chi connectivity index (χ0v) is 14.9. The molecular formula is C18H15F3N6O. The fraction of sp³-hybridized carbons (Fsp3) is 0.222. The van der Waals surface area contributed by atoms with Gasteiger partial charge < -0.3 is 10.3 Å². The molecule has 4 rings (SSSR count). The molecule has 0 fully saturated rings. The van der Waals surface area contributed by atoms with Crippen molar-refractivity contribution in [2.75, 3.05) is 6.54 Å². The van der Waals surface area contributed by atoms with Gasteiger partial charge >= 0.3 is 0 Å². The Labute approximate surface area is 156 Å². The second-order valence-electron chi connectivity index (χ2n) is 6.54. The molecule has 4 aromatic rings. The van der Waals surface area contributed by atoms with Crippen molar-refractivity contribution in [2.45, 2.75) is 12.8 Å². The van der Waals surface area contributed by atoms with Crippen molar-refractivity contribution in [1.29, 1.82) is 0 Å². The highest BCUT2D eigenvalue weighted by Crippen LogP contribution is 2.28. The predicted molar refractivity (Wildman–Crippen MR) is 96.5 cm³/mol. The van der Waals surface area contributed by atoms with Crippen molar-refractivity contribution in [3.05, 3.63) is 42.0 Å². The zero-order chi connectivity index (χ0) is 20.1. The van der Waals surface area contributed by atoms with E-state index in [9.17, 15) is 18.0 Å². The van der Waals surface area contributed by atoms with Crippen LogP contribution in [-0.2, 0) is 7.05 Å². The number of nitrogens with one attached hydrogen (secondary N) is 2. The second-order valence-corrected chi connectivity index (χ2v) is 6.54. The van der Waals surface area contributed by atoms with Crippen LogP contribution in [0.25, 0.3) is 33.5 Å². The topological polar surface area (TPSA) is 88.5 Å². The van der Waals surface area contributed by atoms with Crippen LogP contribution < -0.4 is 5.32 Å². The van der Waals surface area contributed by atoms with Gasteiger partial charge in [-0.2, -0.15) is 5.10 Å². The van der Waals surface area contributed by atoms with Crippen LogP contribution >= 0.6 is 0 Å². The molecule has 0 aliphatic heterocycles. The first-order valence-electron chi connectivity index (χ1n) is 8.36. The number of hydrogen-bond donors (Lipinski definition) is 2. The quantitative estimate of drug-likeness (QED) is 0.563. The number of carbonyl (C=O) groups excluding carboxylic acids is 1. The number of aromatic nitrogens is 5. The first kappa shape index (κ1) is 18.0. The molecule has 144 valence electrons. The van der Waals surface area contributed by atoms with Gasteiger partial charge in [0.1, 0.15) is 22.7 Å². The normalized spacial score (nSPS) is 12.0. The summed E-state index contributed by atoms with van der Waals surface area (Å²) in [6, 6.07) is 4.27. The zero-order valence-electron chi connectivity index (χ0n) is 14.9. The highest BCUT2D eigenvalue weighted by molar-refractivity contribution is 6.05. The molecule has 7 nitrogen and oxygen atoms in total. The van der Waals surface area contributed by atoms with Gasteiger partial charge in [0.15, 0.2) is 5.65 Å². The Balaban J connectivity index is 1.77. The number of aryl methyl sites for hydroxylation is 1. The molecule has 0 spiro atoms. The number of nitrogens with zero attached hydrogens (tertiary/aromatic N) is 4. The van der Waals surface area contributed by atoms with E-state index in [1.54, 1.807) is 13.1 Å². The van der Waals surface area contributed by atoms with Crippen LogP contribution in [0.1, 0.15) is 17.3 Å². The van der Waals surface area contributed by atoms with Gasteiger partial charge in [-0.15, -0.1) is 0 Å². The summed E-state index contributed by atoms with van der Waals surface area (Å²) in [7, 11) is 1.68. The van der Waals surface area contributed by atoms with E-state index < -0.39 is 18.4 Å². The van der Waals surface area contributed by atoms with Gasteiger partial charge in [-0.3, -0.25) is 9.48 Å². The Morgan fingerprint density at radius 1 is 1.36 bits per heavy atom. The highest BCUT2D eigenvalue weighted by Gasteiger charge is 2.24. The number of amides is 1. The number of carbonyl (C=O) groups is 1. The first-order valence-corrected chi connectivity index (χ1v) is 8.36. The van der Waals surface area contributed by atoms with Gasteiger partial charge in [0.05, 0.1) is 23.8 Å². The smallest absolute Gasteiger partial charge is 0.262 e. The lowest BCUT2D eigenvalue weighted by atomic mass is 10.1. The Morgan fingerprint density at radius 3 is 2.89 bits per heavy atom. The highest BCUT2D eigenvalue weighted by atomic mass is 19.3. The molecule has 3 aromatic heterocycles. The minimum absolute atomic E-state index is 0.0971. The molecule has 0 aliphatic rings. The van der Waals surface area contributed by atoms with Crippen molar-refractivity contribution in [2.24, 2.45) is 7.05 Å². The summed E-state index contributed by atoms with van der Waals surface area (Å²) in [6.07, 6.45) is 2.84. The van der Waals surface area contributed by atoms with E-state index in [2.05, 4.69) is 25.4 Å². The van der Waals surface area contributed by atoms with Crippen LogP contribution in [0.5, 0.6) is 0 Å². The Morgan fingerprint density at radius 2 is 2.14 bits per heavy atom. The molecule has 0 unspecified atom stereocenters. The van der Waals surface area contributed by atoms with E-state index in [4.69, 9.17) is 0 Å². The predicted octanol–water partition coefficient (Wildman–Crippen LogP) is 3.04. The van der Waals surface area contributed by atoms with E-state index in [1.807, 2.05) is 0 Å². The lowest BCUT2D eigenvalue weighted by molar-refractivity contribution is 0.0221. The molecule has 2 N–H and O–H groups in total. The maximum absolute atomic E-state index is 13.5. The van der Waals surface area contributed by atoms with E-state index in [-0.39, 0.29) is 16.9 Å². The van der Waals surface area contributed by atoms with E-state index in [0.29, 0.717) is 27.9 Å². The van der Waals surface area contributed by atoms with Gasteiger partial charge in [-0.05, 0) is 18.2 Å².